The quantitative estimate of drug-likeness (QED) is 0.459. The third-order valence-corrected chi connectivity index (χ3v) is 5.32. The summed E-state index contributed by atoms with van der Waals surface area (Å²) in [7, 11) is 0. The van der Waals surface area contributed by atoms with Crippen molar-refractivity contribution in [1.29, 1.82) is 0 Å². The number of carbonyl (C=O) groups excluding carboxylic acids is 1. The highest BCUT2D eigenvalue weighted by Crippen LogP contribution is 2.44. The minimum absolute atomic E-state index is 0.0370. The van der Waals surface area contributed by atoms with E-state index in [-0.39, 0.29) is 19.1 Å². The van der Waals surface area contributed by atoms with E-state index in [0.717, 1.165) is 11.1 Å². The van der Waals surface area contributed by atoms with Gasteiger partial charge >= 0.3 is 6.09 Å². The van der Waals surface area contributed by atoms with Crippen molar-refractivity contribution in [1.82, 2.24) is 5.32 Å². The van der Waals surface area contributed by atoms with Crippen LogP contribution in [0.2, 0.25) is 0 Å². The molecule has 0 unspecified atom stereocenters. The number of ether oxygens (including phenoxy) is 1. The molecule has 5 N–H and O–H groups in total. The Morgan fingerprint density at radius 2 is 1.67 bits per heavy atom. The van der Waals surface area contributed by atoms with Gasteiger partial charge in [0, 0.05) is 11.5 Å². The number of nitrogens with one attached hydrogen (secondary N) is 1. The lowest BCUT2D eigenvalue weighted by Gasteiger charge is -2.14. The molecular weight excluding hydrogens is 374 g/mol. The van der Waals surface area contributed by atoms with Gasteiger partial charge < -0.3 is 21.5 Å². The summed E-state index contributed by atoms with van der Waals surface area (Å²) in [4.78, 5) is 12.2. The molecule has 0 bridgehead atoms. The van der Waals surface area contributed by atoms with Crippen LogP contribution in [-0.4, -0.2) is 19.2 Å². The molecule has 1 amide bonds. The van der Waals surface area contributed by atoms with Crippen molar-refractivity contribution in [2.75, 3.05) is 24.6 Å². The number of hydrogen-bond acceptors (Lipinski definition) is 4. The zero-order valence-corrected chi connectivity index (χ0v) is 16.7. The molecule has 1 aliphatic carbocycles. The number of hydrogen-bond donors (Lipinski definition) is 3. The van der Waals surface area contributed by atoms with Gasteiger partial charge in [0.05, 0.1) is 17.9 Å². The first-order valence-corrected chi connectivity index (χ1v) is 9.78. The number of amides is 1. The molecule has 0 atom stereocenters. The number of alkyl carbamates (subject to hydrolysis) is 1. The number of anilines is 2. The third-order valence-electron chi connectivity index (χ3n) is 5.32. The molecule has 150 valence electrons. The van der Waals surface area contributed by atoms with Crippen LogP contribution in [0.3, 0.4) is 0 Å². The lowest BCUT2D eigenvalue weighted by Crippen LogP contribution is -2.26. The Bertz CT molecular complexity index is 1110. The van der Waals surface area contributed by atoms with Crippen LogP contribution in [0.25, 0.3) is 11.1 Å². The van der Waals surface area contributed by atoms with Gasteiger partial charge in [0.25, 0.3) is 0 Å². The van der Waals surface area contributed by atoms with Gasteiger partial charge in [0.2, 0.25) is 0 Å². The summed E-state index contributed by atoms with van der Waals surface area (Å²) in [5.74, 6) is 5.92. The standard InChI is InChI=1S/C25H23N3O2/c1-16-13-17(14-23(26)24(16)27)7-6-12-28-25(29)30-15-22-20-10-4-2-8-18(20)19-9-3-5-11-21(19)22/h2-5,8-11,13-14,22H,12,15,26-27H2,1H3,(H,28,29). The van der Waals surface area contributed by atoms with Gasteiger partial charge in [-0.25, -0.2) is 4.79 Å². The Kier molecular flexibility index (Phi) is 5.32. The second-order valence-electron chi connectivity index (χ2n) is 7.28. The third kappa shape index (κ3) is 3.81. The van der Waals surface area contributed by atoms with E-state index < -0.39 is 6.09 Å². The van der Waals surface area contributed by atoms with Gasteiger partial charge in [-0.3, -0.25) is 0 Å². The molecule has 5 heteroatoms. The number of fused-ring (bicyclic) bond motifs is 3. The Hall–Kier alpha value is -3.91. The Labute approximate surface area is 176 Å². The highest BCUT2D eigenvalue weighted by Gasteiger charge is 2.28. The zero-order valence-electron chi connectivity index (χ0n) is 16.7. The normalized spacial score (nSPS) is 11.8. The fourth-order valence-corrected chi connectivity index (χ4v) is 3.81. The minimum atomic E-state index is -0.487. The fraction of sp³-hybridized carbons (Fsp3) is 0.160. The summed E-state index contributed by atoms with van der Waals surface area (Å²) < 4.78 is 5.49. The molecule has 0 fully saturated rings. The SMILES string of the molecule is Cc1cc(C#CCNC(=O)OCC2c3ccccc3-c3ccccc32)cc(N)c1N. The number of benzene rings is 3. The van der Waals surface area contributed by atoms with Crippen LogP contribution in [0.15, 0.2) is 60.7 Å². The molecule has 4 rings (SSSR count). The zero-order chi connectivity index (χ0) is 21.1. The first-order valence-electron chi connectivity index (χ1n) is 9.78. The Morgan fingerprint density at radius 1 is 1.03 bits per heavy atom. The van der Waals surface area contributed by atoms with Crippen molar-refractivity contribution >= 4 is 17.5 Å². The van der Waals surface area contributed by atoms with Crippen LogP contribution < -0.4 is 16.8 Å². The molecule has 0 saturated carbocycles. The summed E-state index contributed by atoms with van der Waals surface area (Å²) in [6.45, 7) is 2.34. The van der Waals surface area contributed by atoms with Crippen LogP contribution in [0.5, 0.6) is 0 Å². The molecule has 1 aliphatic rings. The highest BCUT2D eigenvalue weighted by molar-refractivity contribution is 5.79. The highest BCUT2D eigenvalue weighted by atomic mass is 16.5. The second kappa shape index (κ2) is 8.22. The van der Waals surface area contributed by atoms with Crippen molar-refractivity contribution in [3.8, 4) is 23.0 Å². The number of carbonyl (C=O) groups is 1. The van der Waals surface area contributed by atoms with Crippen LogP contribution in [0, 0.1) is 18.8 Å². The van der Waals surface area contributed by atoms with E-state index in [4.69, 9.17) is 16.2 Å². The minimum Gasteiger partial charge on any atom is -0.449 e. The molecular formula is C25H23N3O2. The average molecular weight is 397 g/mol. The van der Waals surface area contributed by atoms with Crippen molar-refractivity contribution in [2.45, 2.75) is 12.8 Å². The summed E-state index contributed by atoms with van der Waals surface area (Å²) in [5.41, 5.74) is 19.2. The molecule has 0 spiro atoms. The van der Waals surface area contributed by atoms with Crippen molar-refractivity contribution < 1.29 is 9.53 Å². The molecule has 0 aliphatic heterocycles. The van der Waals surface area contributed by atoms with Crippen LogP contribution in [-0.2, 0) is 4.74 Å². The van der Waals surface area contributed by atoms with Crippen molar-refractivity contribution in [3.63, 3.8) is 0 Å². The fourth-order valence-electron chi connectivity index (χ4n) is 3.81. The molecule has 0 heterocycles. The summed E-state index contributed by atoms with van der Waals surface area (Å²) in [6, 6.07) is 20.1. The van der Waals surface area contributed by atoms with Crippen LogP contribution in [0.4, 0.5) is 16.2 Å². The lowest BCUT2D eigenvalue weighted by atomic mass is 9.98. The topological polar surface area (TPSA) is 90.4 Å². The first-order chi connectivity index (χ1) is 14.5. The van der Waals surface area contributed by atoms with E-state index in [1.54, 1.807) is 6.07 Å². The van der Waals surface area contributed by atoms with Crippen molar-refractivity contribution in [3.05, 3.63) is 82.9 Å². The predicted octanol–water partition coefficient (Wildman–Crippen LogP) is 4.05. The molecule has 0 radical (unpaired) electrons. The molecule has 30 heavy (non-hydrogen) atoms. The van der Waals surface area contributed by atoms with Crippen LogP contribution in [0.1, 0.15) is 28.2 Å². The van der Waals surface area contributed by atoms with E-state index in [9.17, 15) is 4.79 Å². The molecule has 0 saturated heterocycles. The number of nitrogen functional groups attached to an aromatic ring is 2. The molecule has 3 aromatic rings. The number of nitrogens with two attached hydrogens (primary N) is 2. The van der Waals surface area contributed by atoms with Gasteiger partial charge in [0.15, 0.2) is 0 Å². The number of aryl methyl sites for hydroxylation is 1. The van der Waals surface area contributed by atoms with Gasteiger partial charge in [-0.05, 0) is 46.9 Å². The van der Waals surface area contributed by atoms with E-state index in [2.05, 4.69) is 41.4 Å². The van der Waals surface area contributed by atoms with Gasteiger partial charge in [-0.15, -0.1) is 0 Å². The van der Waals surface area contributed by atoms with Gasteiger partial charge in [-0.1, -0.05) is 60.4 Å². The maximum atomic E-state index is 12.2. The molecule has 5 nitrogen and oxygen atoms in total. The average Bonchev–Trinajstić information content (AvgIpc) is 3.07. The Morgan fingerprint density at radius 3 is 2.30 bits per heavy atom. The maximum Gasteiger partial charge on any atom is 0.407 e. The summed E-state index contributed by atoms with van der Waals surface area (Å²) >= 11 is 0. The largest absolute Gasteiger partial charge is 0.449 e. The van der Waals surface area contributed by atoms with E-state index >= 15 is 0 Å². The maximum absolute atomic E-state index is 12.2. The lowest BCUT2D eigenvalue weighted by molar-refractivity contribution is 0.144. The van der Waals surface area contributed by atoms with Gasteiger partial charge in [-0.2, -0.15) is 0 Å². The van der Waals surface area contributed by atoms with E-state index in [1.165, 1.54) is 22.3 Å². The molecule has 3 aromatic carbocycles. The van der Waals surface area contributed by atoms with Crippen molar-refractivity contribution in [2.24, 2.45) is 0 Å². The van der Waals surface area contributed by atoms with Crippen LogP contribution >= 0.6 is 0 Å². The molecule has 0 aromatic heterocycles. The second-order valence-corrected chi connectivity index (χ2v) is 7.28. The van der Waals surface area contributed by atoms with Gasteiger partial charge in [0.1, 0.15) is 6.61 Å². The summed E-state index contributed by atoms with van der Waals surface area (Å²) in [6.07, 6.45) is -0.487. The monoisotopic (exact) mass is 397 g/mol. The predicted molar refractivity (Wildman–Crippen MR) is 120 cm³/mol. The van der Waals surface area contributed by atoms with E-state index in [0.29, 0.717) is 11.4 Å². The first kappa shape index (κ1) is 19.4. The number of rotatable bonds is 3. The summed E-state index contributed by atoms with van der Waals surface area (Å²) in [5, 5.41) is 2.67. The Balaban J connectivity index is 1.35. The smallest absolute Gasteiger partial charge is 0.407 e. The van der Waals surface area contributed by atoms with E-state index in [1.807, 2.05) is 37.3 Å².